The molecule has 0 bridgehead atoms. The van der Waals surface area contributed by atoms with Crippen LogP contribution in [-0.2, 0) is 11.9 Å². The number of methoxy groups -OCH3 is 1. The zero-order chi connectivity index (χ0) is 28.3. The van der Waals surface area contributed by atoms with Gasteiger partial charge < -0.3 is 19.0 Å². The molecule has 2 heterocycles. The van der Waals surface area contributed by atoms with E-state index in [9.17, 15) is 15.3 Å². The molecule has 1 aliphatic carbocycles. The molecule has 0 aliphatic heterocycles. The van der Waals surface area contributed by atoms with Crippen molar-refractivity contribution in [2.45, 2.75) is 58.1 Å². The number of nitrogens with zero attached hydrogens (tertiary/aromatic N) is 6. The van der Waals surface area contributed by atoms with Gasteiger partial charge >= 0.3 is 0 Å². The van der Waals surface area contributed by atoms with E-state index in [0.717, 1.165) is 42.7 Å². The van der Waals surface area contributed by atoms with Crippen molar-refractivity contribution in [1.82, 2.24) is 9.55 Å². The standard InChI is InChI=1S/C30H34N6O3/c1-30(2,3)39-34-26(20-8-7-9-23(16-20)38-6)19-10-13-22(14-11-19)35(4)28-24(18-32)29(37)36(5)25-15-12-21(17-31)33-27(25)28/h7-9,12,15-16,19,22H,10-11,13-14H2,1-6H3/b34-26+. The number of aromatic nitrogens is 2. The van der Waals surface area contributed by atoms with E-state index in [1.807, 2.05) is 57.0 Å². The molecule has 9 nitrogen and oxygen atoms in total. The highest BCUT2D eigenvalue weighted by molar-refractivity contribution is 6.02. The molecule has 0 spiro atoms. The van der Waals surface area contributed by atoms with E-state index in [-0.39, 0.29) is 28.8 Å². The first-order valence-corrected chi connectivity index (χ1v) is 13.0. The number of benzene rings is 1. The lowest BCUT2D eigenvalue weighted by atomic mass is 9.80. The second-order valence-corrected chi connectivity index (χ2v) is 10.9. The summed E-state index contributed by atoms with van der Waals surface area (Å²) in [6, 6.07) is 15.4. The van der Waals surface area contributed by atoms with Crippen molar-refractivity contribution in [3.63, 3.8) is 0 Å². The largest absolute Gasteiger partial charge is 0.497 e. The summed E-state index contributed by atoms with van der Waals surface area (Å²) in [4.78, 5) is 25.4. The van der Waals surface area contributed by atoms with Gasteiger partial charge in [0.15, 0.2) is 0 Å². The quantitative estimate of drug-likeness (QED) is 0.331. The maximum atomic E-state index is 13.1. The van der Waals surface area contributed by atoms with Gasteiger partial charge in [-0.3, -0.25) is 4.79 Å². The summed E-state index contributed by atoms with van der Waals surface area (Å²) in [5.74, 6) is 0.929. The van der Waals surface area contributed by atoms with Crippen molar-refractivity contribution >= 4 is 22.4 Å². The van der Waals surface area contributed by atoms with E-state index in [1.54, 1.807) is 26.3 Å². The Morgan fingerprint density at radius 1 is 1.13 bits per heavy atom. The van der Waals surface area contributed by atoms with Crippen molar-refractivity contribution in [1.29, 1.82) is 10.5 Å². The summed E-state index contributed by atoms with van der Waals surface area (Å²) in [6.45, 7) is 5.91. The van der Waals surface area contributed by atoms with Gasteiger partial charge in [0, 0.05) is 31.6 Å². The van der Waals surface area contributed by atoms with E-state index in [4.69, 9.17) is 9.57 Å². The second-order valence-electron chi connectivity index (χ2n) is 10.9. The Morgan fingerprint density at radius 2 is 1.85 bits per heavy atom. The monoisotopic (exact) mass is 526 g/mol. The van der Waals surface area contributed by atoms with Crippen LogP contribution in [0.3, 0.4) is 0 Å². The predicted molar refractivity (Wildman–Crippen MR) is 151 cm³/mol. The molecule has 0 unspecified atom stereocenters. The topological polar surface area (TPSA) is 117 Å². The number of rotatable bonds is 6. The molecule has 39 heavy (non-hydrogen) atoms. The number of aryl methyl sites for hydroxylation is 1. The van der Waals surface area contributed by atoms with Crippen LogP contribution in [0.2, 0.25) is 0 Å². The van der Waals surface area contributed by atoms with E-state index in [0.29, 0.717) is 16.7 Å². The fraction of sp³-hybridized carbons (Fsp3) is 0.433. The third-order valence-electron chi connectivity index (χ3n) is 7.21. The van der Waals surface area contributed by atoms with Gasteiger partial charge in [-0.05, 0) is 70.7 Å². The molecule has 0 saturated heterocycles. The number of hydrogen-bond donors (Lipinski definition) is 0. The van der Waals surface area contributed by atoms with Crippen LogP contribution >= 0.6 is 0 Å². The normalized spacial score (nSPS) is 17.8. The average Bonchev–Trinajstić information content (AvgIpc) is 2.94. The molecule has 0 amide bonds. The van der Waals surface area contributed by atoms with Crippen LogP contribution in [0, 0.1) is 28.6 Å². The Bertz CT molecular complexity index is 1550. The van der Waals surface area contributed by atoms with E-state index < -0.39 is 5.60 Å². The minimum atomic E-state index is -0.426. The van der Waals surface area contributed by atoms with Gasteiger partial charge in [-0.1, -0.05) is 17.3 Å². The maximum Gasteiger partial charge on any atom is 0.270 e. The van der Waals surface area contributed by atoms with Crippen molar-refractivity contribution in [3.05, 3.63) is 63.6 Å². The third-order valence-corrected chi connectivity index (χ3v) is 7.21. The van der Waals surface area contributed by atoms with Crippen LogP contribution in [0.4, 0.5) is 5.69 Å². The highest BCUT2D eigenvalue weighted by atomic mass is 16.6. The van der Waals surface area contributed by atoms with Crippen LogP contribution in [0.1, 0.15) is 63.3 Å². The fourth-order valence-corrected chi connectivity index (χ4v) is 5.15. The first-order valence-electron chi connectivity index (χ1n) is 13.0. The molecule has 1 saturated carbocycles. The molecular formula is C30H34N6O3. The number of fused-ring (bicyclic) bond motifs is 1. The van der Waals surface area contributed by atoms with Gasteiger partial charge in [0.05, 0.1) is 24.0 Å². The average molecular weight is 527 g/mol. The van der Waals surface area contributed by atoms with Crippen LogP contribution in [0.5, 0.6) is 5.75 Å². The molecule has 3 aromatic rings. The Balaban J connectivity index is 1.66. The number of hydrogen-bond acceptors (Lipinski definition) is 8. The smallest absolute Gasteiger partial charge is 0.270 e. The molecule has 2 aromatic heterocycles. The molecule has 1 aromatic carbocycles. The van der Waals surface area contributed by atoms with Crippen molar-refractivity contribution in [2.75, 3.05) is 19.1 Å². The Kier molecular flexibility index (Phi) is 7.92. The molecular weight excluding hydrogens is 492 g/mol. The molecule has 0 radical (unpaired) electrons. The number of anilines is 1. The fourth-order valence-electron chi connectivity index (χ4n) is 5.15. The second kappa shape index (κ2) is 11.2. The Labute approximate surface area is 228 Å². The molecule has 0 atom stereocenters. The lowest BCUT2D eigenvalue weighted by molar-refractivity contribution is -0.0000294. The SMILES string of the molecule is COc1cccc(/C(=N/OC(C)(C)C)C2CCC(N(C)c3c(C#N)c(=O)n(C)c4ccc(C#N)nc34)CC2)c1. The van der Waals surface area contributed by atoms with E-state index >= 15 is 0 Å². The highest BCUT2D eigenvalue weighted by Crippen LogP contribution is 2.35. The summed E-state index contributed by atoms with van der Waals surface area (Å²) < 4.78 is 6.86. The molecule has 4 rings (SSSR count). The predicted octanol–water partition coefficient (Wildman–Crippen LogP) is 4.90. The summed E-state index contributed by atoms with van der Waals surface area (Å²) in [5.41, 5.74) is 2.87. The van der Waals surface area contributed by atoms with E-state index in [1.165, 1.54) is 4.57 Å². The number of oxime groups is 1. The van der Waals surface area contributed by atoms with Crippen LogP contribution in [0.25, 0.3) is 11.0 Å². The number of pyridine rings is 2. The summed E-state index contributed by atoms with van der Waals surface area (Å²) in [6.07, 6.45) is 3.33. The summed E-state index contributed by atoms with van der Waals surface area (Å²) in [5, 5.41) is 24.0. The molecule has 1 aliphatic rings. The lowest BCUT2D eigenvalue weighted by Crippen LogP contribution is -2.39. The van der Waals surface area contributed by atoms with Gasteiger partial charge in [0.1, 0.15) is 40.3 Å². The molecule has 9 heteroatoms. The maximum absolute atomic E-state index is 13.1. The third kappa shape index (κ3) is 5.73. The van der Waals surface area contributed by atoms with Gasteiger partial charge in [-0.2, -0.15) is 10.5 Å². The van der Waals surface area contributed by atoms with E-state index in [2.05, 4.69) is 22.3 Å². The minimum absolute atomic E-state index is 0.0365. The number of nitriles is 2. The van der Waals surface area contributed by atoms with Crippen LogP contribution < -0.4 is 15.2 Å². The lowest BCUT2D eigenvalue weighted by Gasteiger charge is -2.37. The molecule has 202 valence electrons. The van der Waals surface area contributed by atoms with Crippen molar-refractivity contribution in [2.24, 2.45) is 18.1 Å². The number of ether oxygens (including phenoxy) is 1. The van der Waals surface area contributed by atoms with Gasteiger partial charge in [0.2, 0.25) is 0 Å². The Morgan fingerprint density at radius 3 is 2.46 bits per heavy atom. The van der Waals surface area contributed by atoms with Crippen LogP contribution in [-0.4, -0.2) is 41.1 Å². The summed E-state index contributed by atoms with van der Waals surface area (Å²) >= 11 is 0. The first-order chi connectivity index (χ1) is 18.6. The van der Waals surface area contributed by atoms with Gasteiger partial charge in [-0.15, -0.1) is 0 Å². The zero-order valence-electron chi connectivity index (χ0n) is 23.4. The minimum Gasteiger partial charge on any atom is -0.497 e. The molecule has 0 N–H and O–H groups in total. The van der Waals surface area contributed by atoms with Crippen molar-refractivity contribution in [3.8, 4) is 17.9 Å². The van der Waals surface area contributed by atoms with Crippen molar-refractivity contribution < 1.29 is 9.57 Å². The highest BCUT2D eigenvalue weighted by Gasteiger charge is 2.31. The van der Waals surface area contributed by atoms with Gasteiger partial charge in [0.25, 0.3) is 5.56 Å². The van der Waals surface area contributed by atoms with Crippen LogP contribution in [0.15, 0.2) is 46.3 Å². The zero-order valence-corrected chi connectivity index (χ0v) is 23.4. The Hall–Kier alpha value is -4.37. The molecule has 1 fully saturated rings. The first kappa shape index (κ1) is 27.7. The van der Waals surface area contributed by atoms with Gasteiger partial charge in [-0.25, -0.2) is 4.98 Å². The summed E-state index contributed by atoms with van der Waals surface area (Å²) in [7, 11) is 5.17.